The number of rotatable bonds is 5. The first-order chi connectivity index (χ1) is 7.43. The Kier molecular flexibility index (Phi) is 5.12. The van der Waals surface area contributed by atoms with Crippen LogP contribution in [-0.4, -0.2) is 27.4 Å². The summed E-state index contributed by atoms with van der Waals surface area (Å²) in [6.07, 6.45) is 4.35. The Morgan fingerprint density at radius 2 is 2.06 bits per heavy atom. The van der Waals surface area contributed by atoms with Crippen LogP contribution in [-0.2, 0) is 15.7 Å². The fourth-order valence-electron chi connectivity index (χ4n) is 1.31. The van der Waals surface area contributed by atoms with Crippen molar-refractivity contribution in [2.45, 2.75) is 64.2 Å². The largest absolute Gasteiger partial charge is 0.377 e. The standard InChI is InChI=1S/C12H23NO2S/c1-5-6-7-15-11-8-10(9-11)13-16(14)12(2,3)4/h11H,5-9H2,1-4H3. The molecule has 1 unspecified atom stereocenters. The van der Waals surface area contributed by atoms with Crippen molar-refractivity contribution in [3.05, 3.63) is 0 Å². The summed E-state index contributed by atoms with van der Waals surface area (Å²) in [6, 6.07) is 0. The van der Waals surface area contributed by atoms with Crippen LogP contribution in [0.3, 0.4) is 0 Å². The van der Waals surface area contributed by atoms with Crippen molar-refractivity contribution in [1.29, 1.82) is 0 Å². The van der Waals surface area contributed by atoms with Crippen LogP contribution < -0.4 is 0 Å². The van der Waals surface area contributed by atoms with Crippen LogP contribution in [0.25, 0.3) is 0 Å². The molecule has 1 rings (SSSR count). The van der Waals surface area contributed by atoms with Gasteiger partial charge in [-0.1, -0.05) is 13.3 Å². The Hall–Kier alpha value is -0.220. The van der Waals surface area contributed by atoms with Crippen molar-refractivity contribution in [2.75, 3.05) is 6.61 Å². The summed E-state index contributed by atoms with van der Waals surface area (Å²) < 4.78 is 21.3. The molecular weight excluding hydrogens is 222 g/mol. The van der Waals surface area contributed by atoms with Gasteiger partial charge in [0.2, 0.25) is 0 Å². The molecule has 0 radical (unpaired) electrons. The highest BCUT2D eigenvalue weighted by Gasteiger charge is 2.28. The Bertz CT molecular complexity index is 273. The summed E-state index contributed by atoms with van der Waals surface area (Å²) in [5.74, 6) is 0. The number of ether oxygens (including phenoxy) is 1. The number of hydrogen-bond donors (Lipinski definition) is 0. The zero-order valence-corrected chi connectivity index (χ0v) is 11.6. The number of nitrogens with zero attached hydrogens (tertiary/aromatic N) is 1. The van der Waals surface area contributed by atoms with Gasteiger partial charge in [0.1, 0.15) is 11.0 Å². The second kappa shape index (κ2) is 5.92. The highest BCUT2D eigenvalue weighted by Crippen LogP contribution is 2.23. The molecular formula is C12H23NO2S. The first-order valence-corrected chi connectivity index (χ1v) is 7.14. The molecule has 0 aromatic carbocycles. The van der Waals surface area contributed by atoms with Gasteiger partial charge in [0.15, 0.2) is 0 Å². The van der Waals surface area contributed by atoms with E-state index in [0.717, 1.165) is 31.6 Å². The quantitative estimate of drug-likeness (QED) is 0.699. The van der Waals surface area contributed by atoms with Crippen LogP contribution in [0.15, 0.2) is 4.40 Å². The predicted molar refractivity (Wildman–Crippen MR) is 69.2 cm³/mol. The minimum atomic E-state index is -1.11. The SMILES string of the molecule is CCCCOC1CC(=NS(=O)C(C)(C)C)C1. The van der Waals surface area contributed by atoms with Crippen molar-refractivity contribution in [3.63, 3.8) is 0 Å². The Labute approximate surface area is 101 Å². The maximum atomic E-state index is 11.7. The van der Waals surface area contributed by atoms with Gasteiger partial charge in [0.25, 0.3) is 0 Å². The second-order valence-corrected chi connectivity index (χ2v) is 7.18. The van der Waals surface area contributed by atoms with Crippen LogP contribution in [0.5, 0.6) is 0 Å². The first-order valence-electron chi connectivity index (χ1n) is 6.03. The van der Waals surface area contributed by atoms with E-state index in [1.54, 1.807) is 0 Å². The molecule has 0 N–H and O–H groups in total. The maximum Gasteiger partial charge on any atom is 0.144 e. The molecule has 0 spiro atoms. The van der Waals surface area contributed by atoms with Gasteiger partial charge < -0.3 is 4.74 Å². The lowest BCUT2D eigenvalue weighted by atomic mass is 9.93. The molecule has 0 aliphatic heterocycles. The van der Waals surface area contributed by atoms with Crippen LogP contribution in [0.4, 0.5) is 0 Å². The zero-order chi connectivity index (χ0) is 12.2. The summed E-state index contributed by atoms with van der Waals surface area (Å²) in [6.45, 7) is 8.84. The molecule has 3 nitrogen and oxygen atoms in total. The summed E-state index contributed by atoms with van der Waals surface area (Å²) >= 11 is 0. The third-order valence-electron chi connectivity index (χ3n) is 2.51. The predicted octanol–water partition coefficient (Wildman–Crippen LogP) is 2.87. The summed E-state index contributed by atoms with van der Waals surface area (Å²) in [4.78, 5) is 0. The van der Waals surface area contributed by atoms with Gasteiger partial charge in [-0.2, -0.15) is 4.40 Å². The molecule has 1 fully saturated rings. The van der Waals surface area contributed by atoms with Gasteiger partial charge in [-0.25, -0.2) is 4.21 Å². The molecule has 0 aromatic rings. The molecule has 16 heavy (non-hydrogen) atoms. The van der Waals surface area contributed by atoms with E-state index >= 15 is 0 Å². The lowest BCUT2D eigenvalue weighted by molar-refractivity contribution is 0.0452. The van der Waals surface area contributed by atoms with E-state index in [-0.39, 0.29) is 4.75 Å². The molecule has 4 heteroatoms. The summed E-state index contributed by atoms with van der Waals surface area (Å²) in [5, 5.41) is 0. The van der Waals surface area contributed by atoms with Crippen molar-refractivity contribution >= 4 is 16.7 Å². The lowest BCUT2D eigenvalue weighted by Crippen LogP contribution is -2.33. The van der Waals surface area contributed by atoms with E-state index in [2.05, 4.69) is 11.3 Å². The third kappa shape index (κ3) is 4.34. The molecule has 0 aromatic heterocycles. The Balaban J connectivity index is 2.25. The van der Waals surface area contributed by atoms with E-state index in [4.69, 9.17) is 4.74 Å². The van der Waals surface area contributed by atoms with Crippen LogP contribution >= 0.6 is 0 Å². The summed E-state index contributed by atoms with van der Waals surface area (Å²) in [5.41, 5.74) is 1.05. The summed E-state index contributed by atoms with van der Waals surface area (Å²) in [7, 11) is -1.11. The van der Waals surface area contributed by atoms with E-state index in [9.17, 15) is 4.21 Å². The number of unbranched alkanes of at least 4 members (excludes halogenated alkanes) is 1. The van der Waals surface area contributed by atoms with E-state index in [0.29, 0.717) is 6.10 Å². The average Bonchev–Trinajstić information content (AvgIpc) is 2.12. The van der Waals surface area contributed by atoms with Gasteiger partial charge in [-0.15, -0.1) is 0 Å². The van der Waals surface area contributed by atoms with Crippen LogP contribution in [0, 0.1) is 0 Å². The molecule has 94 valence electrons. The fourth-order valence-corrected chi connectivity index (χ4v) is 1.96. The zero-order valence-electron chi connectivity index (χ0n) is 10.8. The molecule has 1 aliphatic carbocycles. The molecule has 0 amide bonds. The van der Waals surface area contributed by atoms with Crippen molar-refractivity contribution < 1.29 is 8.95 Å². The van der Waals surface area contributed by atoms with Gasteiger partial charge in [0.05, 0.1) is 10.9 Å². The minimum Gasteiger partial charge on any atom is -0.377 e. The van der Waals surface area contributed by atoms with Crippen LogP contribution in [0.2, 0.25) is 0 Å². The van der Waals surface area contributed by atoms with Crippen molar-refractivity contribution in [1.82, 2.24) is 0 Å². The van der Waals surface area contributed by atoms with E-state index < -0.39 is 11.0 Å². The highest BCUT2D eigenvalue weighted by molar-refractivity contribution is 7.85. The number of hydrogen-bond acceptors (Lipinski definition) is 2. The van der Waals surface area contributed by atoms with Gasteiger partial charge in [0, 0.05) is 25.2 Å². The Morgan fingerprint density at radius 3 is 2.56 bits per heavy atom. The van der Waals surface area contributed by atoms with Gasteiger partial charge in [-0.05, 0) is 27.2 Å². The highest BCUT2D eigenvalue weighted by atomic mass is 32.2. The molecule has 0 heterocycles. The third-order valence-corrected chi connectivity index (χ3v) is 3.99. The van der Waals surface area contributed by atoms with Crippen molar-refractivity contribution in [3.8, 4) is 0 Å². The average molecular weight is 245 g/mol. The lowest BCUT2D eigenvalue weighted by Gasteiger charge is -2.28. The molecule has 1 saturated carbocycles. The smallest absolute Gasteiger partial charge is 0.144 e. The minimum absolute atomic E-state index is 0.249. The van der Waals surface area contributed by atoms with Gasteiger partial charge >= 0.3 is 0 Å². The molecule has 0 bridgehead atoms. The second-order valence-electron chi connectivity index (χ2n) is 5.27. The molecule has 1 aliphatic rings. The van der Waals surface area contributed by atoms with Crippen molar-refractivity contribution in [2.24, 2.45) is 4.40 Å². The van der Waals surface area contributed by atoms with E-state index in [1.807, 2.05) is 20.8 Å². The monoisotopic (exact) mass is 245 g/mol. The Morgan fingerprint density at radius 1 is 1.44 bits per heavy atom. The first kappa shape index (κ1) is 13.8. The molecule has 0 saturated heterocycles. The maximum absolute atomic E-state index is 11.7. The van der Waals surface area contributed by atoms with Crippen LogP contribution in [0.1, 0.15) is 53.4 Å². The topological polar surface area (TPSA) is 38.7 Å². The van der Waals surface area contributed by atoms with E-state index in [1.165, 1.54) is 6.42 Å². The molecule has 1 atom stereocenters. The fraction of sp³-hybridized carbons (Fsp3) is 0.917. The van der Waals surface area contributed by atoms with Gasteiger partial charge in [-0.3, -0.25) is 0 Å². The normalized spacial score (nSPS) is 22.8.